The zero-order valence-electron chi connectivity index (χ0n) is 10.3. The lowest BCUT2D eigenvalue weighted by Crippen LogP contribution is -2.41. The van der Waals surface area contributed by atoms with Crippen LogP contribution in [0.4, 0.5) is 0 Å². The molecular formula is C13H26N2. The van der Waals surface area contributed by atoms with E-state index in [1.165, 1.54) is 51.9 Å². The van der Waals surface area contributed by atoms with Gasteiger partial charge in [0.1, 0.15) is 0 Å². The fourth-order valence-corrected chi connectivity index (χ4v) is 2.70. The van der Waals surface area contributed by atoms with Crippen molar-refractivity contribution in [1.29, 1.82) is 0 Å². The molecule has 2 rings (SSSR count). The number of piperidine rings is 1. The minimum Gasteiger partial charge on any atom is -0.313 e. The van der Waals surface area contributed by atoms with Gasteiger partial charge in [-0.15, -0.1) is 0 Å². The Morgan fingerprint density at radius 3 is 2.80 bits per heavy atom. The number of likely N-dealkylation sites (tertiary alicyclic amines) is 1. The van der Waals surface area contributed by atoms with Gasteiger partial charge < -0.3 is 10.2 Å². The maximum absolute atomic E-state index is 3.67. The van der Waals surface area contributed by atoms with E-state index in [9.17, 15) is 0 Å². The summed E-state index contributed by atoms with van der Waals surface area (Å²) in [6.07, 6.45) is 5.74. The number of nitrogens with zero attached hydrogens (tertiary/aromatic N) is 1. The molecule has 0 bridgehead atoms. The Balaban J connectivity index is 1.56. The molecule has 0 aromatic heterocycles. The van der Waals surface area contributed by atoms with Gasteiger partial charge in [0, 0.05) is 25.7 Å². The molecule has 88 valence electrons. The molecule has 2 unspecified atom stereocenters. The highest BCUT2D eigenvalue weighted by Crippen LogP contribution is 2.32. The summed E-state index contributed by atoms with van der Waals surface area (Å²) in [5.74, 6) is 1.91. The average Bonchev–Trinajstić information content (AvgIpc) is 3.00. The van der Waals surface area contributed by atoms with Gasteiger partial charge in [-0.25, -0.2) is 0 Å². The number of hydrogen-bond acceptors (Lipinski definition) is 2. The zero-order chi connectivity index (χ0) is 10.7. The molecule has 0 radical (unpaired) electrons. The first-order chi connectivity index (χ1) is 7.25. The summed E-state index contributed by atoms with van der Waals surface area (Å²) in [7, 11) is 0. The predicted octanol–water partition coefficient (Wildman–Crippen LogP) is 2.11. The molecule has 2 heteroatoms. The fraction of sp³-hybridized carbons (Fsp3) is 1.00. The second-order valence-corrected chi connectivity index (χ2v) is 5.63. The predicted molar refractivity (Wildman–Crippen MR) is 65.0 cm³/mol. The van der Waals surface area contributed by atoms with Crippen molar-refractivity contribution in [3.05, 3.63) is 0 Å². The molecule has 1 heterocycles. The summed E-state index contributed by atoms with van der Waals surface area (Å²) in [6, 6.07) is 0.757. The first-order valence-corrected chi connectivity index (χ1v) is 6.71. The second kappa shape index (κ2) is 5.31. The SMILES string of the molecule is CC1CCCN(CCNC(C)C2CC2)C1. The van der Waals surface area contributed by atoms with Crippen LogP contribution >= 0.6 is 0 Å². The molecular weight excluding hydrogens is 184 g/mol. The summed E-state index contributed by atoms with van der Waals surface area (Å²) in [5, 5.41) is 3.67. The minimum atomic E-state index is 0.757. The van der Waals surface area contributed by atoms with Gasteiger partial charge in [0.2, 0.25) is 0 Å². The van der Waals surface area contributed by atoms with Gasteiger partial charge >= 0.3 is 0 Å². The normalized spacial score (nSPS) is 30.4. The van der Waals surface area contributed by atoms with E-state index in [0.717, 1.165) is 17.9 Å². The maximum atomic E-state index is 3.67. The van der Waals surface area contributed by atoms with Crippen LogP contribution in [0.25, 0.3) is 0 Å². The van der Waals surface area contributed by atoms with Crippen LogP contribution in [0.3, 0.4) is 0 Å². The van der Waals surface area contributed by atoms with E-state index >= 15 is 0 Å². The molecule has 1 saturated heterocycles. The van der Waals surface area contributed by atoms with Crippen LogP contribution in [0.2, 0.25) is 0 Å². The summed E-state index contributed by atoms with van der Waals surface area (Å²) in [4.78, 5) is 2.63. The third-order valence-corrected chi connectivity index (χ3v) is 3.96. The van der Waals surface area contributed by atoms with Gasteiger partial charge in [0.05, 0.1) is 0 Å². The molecule has 0 aromatic carbocycles. The van der Waals surface area contributed by atoms with Crippen molar-refractivity contribution < 1.29 is 0 Å². The molecule has 15 heavy (non-hydrogen) atoms. The summed E-state index contributed by atoms with van der Waals surface area (Å²) in [5.41, 5.74) is 0. The van der Waals surface area contributed by atoms with Gasteiger partial charge in [-0.1, -0.05) is 6.92 Å². The van der Waals surface area contributed by atoms with Crippen molar-refractivity contribution in [3.8, 4) is 0 Å². The monoisotopic (exact) mass is 210 g/mol. The van der Waals surface area contributed by atoms with Crippen molar-refractivity contribution in [2.75, 3.05) is 26.2 Å². The topological polar surface area (TPSA) is 15.3 Å². The molecule has 0 spiro atoms. The van der Waals surface area contributed by atoms with Crippen molar-refractivity contribution in [1.82, 2.24) is 10.2 Å². The van der Waals surface area contributed by atoms with Gasteiger partial charge in [-0.2, -0.15) is 0 Å². The van der Waals surface area contributed by atoms with Crippen LogP contribution in [0, 0.1) is 11.8 Å². The van der Waals surface area contributed by atoms with E-state index in [2.05, 4.69) is 24.1 Å². The van der Waals surface area contributed by atoms with E-state index in [1.54, 1.807) is 0 Å². The lowest BCUT2D eigenvalue weighted by atomic mass is 10.0. The summed E-state index contributed by atoms with van der Waals surface area (Å²) >= 11 is 0. The average molecular weight is 210 g/mol. The molecule has 2 atom stereocenters. The van der Waals surface area contributed by atoms with Crippen molar-refractivity contribution >= 4 is 0 Å². The molecule has 1 N–H and O–H groups in total. The highest BCUT2D eigenvalue weighted by atomic mass is 15.1. The molecule has 1 aliphatic carbocycles. The molecule has 0 aromatic rings. The van der Waals surface area contributed by atoms with Gasteiger partial charge in [0.25, 0.3) is 0 Å². The van der Waals surface area contributed by atoms with Crippen LogP contribution in [-0.2, 0) is 0 Å². The smallest absolute Gasteiger partial charge is 0.0107 e. The Morgan fingerprint density at radius 2 is 2.13 bits per heavy atom. The largest absolute Gasteiger partial charge is 0.313 e. The summed E-state index contributed by atoms with van der Waals surface area (Å²) < 4.78 is 0. The number of rotatable bonds is 5. The first kappa shape index (κ1) is 11.4. The van der Waals surface area contributed by atoms with E-state index in [0.29, 0.717) is 0 Å². The lowest BCUT2D eigenvalue weighted by Gasteiger charge is -2.31. The Bertz CT molecular complexity index is 189. The summed E-state index contributed by atoms with van der Waals surface area (Å²) in [6.45, 7) is 9.80. The van der Waals surface area contributed by atoms with E-state index in [-0.39, 0.29) is 0 Å². The van der Waals surface area contributed by atoms with E-state index in [4.69, 9.17) is 0 Å². The Labute approximate surface area is 94.4 Å². The van der Waals surface area contributed by atoms with Gasteiger partial charge in [-0.05, 0) is 51.0 Å². The quantitative estimate of drug-likeness (QED) is 0.747. The third-order valence-electron chi connectivity index (χ3n) is 3.96. The molecule has 2 aliphatic rings. The van der Waals surface area contributed by atoms with E-state index < -0.39 is 0 Å². The van der Waals surface area contributed by atoms with E-state index in [1.807, 2.05) is 0 Å². The lowest BCUT2D eigenvalue weighted by molar-refractivity contribution is 0.182. The van der Waals surface area contributed by atoms with Crippen molar-refractivity contribution in [2.45, 2.75) is 45.6 Å². The van der Waals surface area contributed by atoms with Gasteiger partial charge in [0.15, 0.2) is 0 Å². The highest BCUT2D eigenvalue weighted by Gasteiger charge is 2.27. The maximum Gasteiger partial charge on any atom is 0.0107 e. The first-order valence-electron chi connectivity index (χ1n) is 6.71. The van der Waals surface area contributed by atoms with Gasteiger partial charge in [-0.3, -0.25) is 0 Å². The standard InChI is InChI=1S/C13H26N2/c1-11-4-3-8-15(10-11)9-7-14-12(2)13-5-6-13/h11-14H,3-10H2,1-2H3. The molecule has 1 aliphatic heterocycles. The molecule has 2 fully saturated rings. The van der Waals surface area contributed by atoms with Crippen LogP contribution in [-0.4, -0.2) is 37.1 Å². The third kappa shape index (κ3) is 3.76. The van der Waals surface area contributed by atoms with Crippen LogP contribution < -0.4 is 5.32 Å². The highest BCUT2D eigenvalue weighted by molar-refractivity contribution is 4.83. The van der Waals surface area contributed by atoms with Crippen LogP contribution in [0.1, 0.15) is 39.5 Å². The molecule has 2 nitrogen and oxygen atoms in total. The van der Waals surface area contributed by atoms with Crippen LogP contribution in [0.15, 0.2) is 0 Å². The minimum absolute atomic E-state index is 0.757. The number of hydrogen-bond donors (Lipinski definition) is 1. The van der Waals surface area contributed by atoms with Crippen molar-refractivity contribution in [3.63, 3.8) is 0 Å². The Hall–Kier alpha value is -0.0800. The Morgan fingerprint density at radius 1 is 1.33 bits per heavy atom. The Kier molecular flexibility index (Phi) is 4.04. The van der Waals surface area contributed by atoms with Crippen LogP contribution in [0.5, 0.6) is 0 Å². The second-order valence-electron chi connectivity index (χ2n) is 5.63. The fourth-order valence-electron chi connectivity index (χ4n) is 2.70. The zero-order valence-corrected chi connectivity index (χ0v) is 10.3. The number of nitrogens with one attached hydrogen (secondary N) is 1. The molecule has 1 saturated carbocycles. The van der Waals surface area contributed by atoms with Crippen molar-refractivity contribution in [2.24, 2.45) is 11.8 Å². The molecule has 0 amide bonds.